The number of aromatic nitrogens is 1. The molecule has 0 saturated carbocycles. The quantitative estimate of drug-likeness (QED) is 0.341. The molecule has 1 unspecified atom stereocenters. The van der Waals surface area contributed by atoms with Crippen LogP contribution < -0.4 is 20.1 Å². The van der Waals surface area contributed by atoms with Crippen molar-refractivity contribution in [2.75, 3.05) is 20.2 Å². The molecule has 0 aliphatic heterocycles. The fraction of sp³-hybridized carbons (Fsp3) is 0.400. The SMILES string of the molecule is CCOc1cc(CNC(=NC)NCC(C)Oc2ccccc2C)ccn1.I. The minimum absolute atomic E-state index is 0. The minimum Gasteiger partial charge on any atom is -0.489 e. The number of rotatable bonds is 8. The molecule has 1 aromatic carbocycles. The third-order valence-corrected chi connectivity index (χ3v) is 3.75. The summed E-state index contributed by atoms with van der Waals surface area (Å²) in [6, 6.07) is 11.9. The Morgan fingerprint density at radius 3 is 2.70 bits per heavy atom. The summed E-state index contributed by atoms with van der Waals surface area (Å²) in [4.78, 5) is 8.42. The molecule has 0 spiro atoms. The lowest BCUT2D eigenvalue weighted by atomic mass is 10.2. The number of guanidine groups is 1. The van der Waals surface area contributed by atoms with Crippen LogP contribution in [-0.4, -0.2) is 37.2 Å². The first kappa shape index (κ1) is 23.0. The molecule has 0 fully saturated rings. The minimum atomic E-state index is 0. The van der Waals surface area contributed by atoms with Crippen molar-refractivity contribution in [2.24, 2.45) is 4.99 Å². The van der Waals surface area contributed by atoms with Crippen LogP contribution in [0.15, 0.2) is 47.6 Å². The van der Waals surface area contributed by atoms with Crippen LogP contribution in [0.4, 0.5) is 0 Å². The Balaban J connectivity index is 0.00000364. The van der Waals surface area contributed by atoms with Gasteiger partial charge < -0.3 is 20.1 Å². The number of nitrogens with zero attached hydrogens (tertiary/aromatic N) is 2. The average Bonchev–Trinajstić information content (AvgIpc) is 2.64. The third kappa shape index (κ3) is 8.03. The van der Waals surface area contributed by atoms with E-state index < -0.39 is 0 Å². The van der Waals surface area contributed by atoms with E-state index >= 15 is 0 Å². The van der Waals surface area contributed by atoms with Gasteiger partial charge in [0.25, 0.3) is 0 Å². The molecule has 0 radical (unpaired) electrons. The van der Waals surface area contributed by atoms with Gasteiger partial charge in [-0.3, -0.25) is 4.99 Å². The van der Waals surface area contributed by atoms with Crippen molar-refractivity contribution >= 4 is 29.9 Å². The second-order valence-corrected chi connectivity index (χ2v) is 5.94. The molecule has 1 atom stereocenters. The highest BCUT2D eigenvalue weighted by Crippen LogP contribution is 2.17. The molecule has 0 aliphatic carbocycles. The Morgan fingerprint density at radius 1 is 1.22 bits per heavy atom. The number of aryl methyl sites for hydroxylation is 1. The Kier molecular flexibility index (Phi) is 10.5. The van der Waals surface area contributed by atoms with Gasteiger partial charge in [0.15, 0.2) is 5.96 Å². The molecule has 27 heavy (non-hydrogen) atoms. The second-order valence-electron chi connectivity index (χ2n) is 5.94. The van der Waals surface area contributed by atoms with E-state index in [4.69, 9.17) is 9.47 Å². The summed E-state index contributed by atoms with van der Waals surface area (Å²) in [5.41, 5.74) is 2.21. The number of hydrogen-bond donors (Lipinski definition) is 2. The largest absolute Gasteiger partial charge is 0.489 e. The van der Waals surface area contributed by atoms with Gasteiger partial charge >= 0.3 is 0 Å². The predicted molar refractivity (Wildman–Crippen MR) is 120 cm³/mol. The molecule has 6 nitrogen and oxygen atoms in total. The maximum Gasteiger partial charge on any atom is 0.213 e. The molecule has 2 aromatic rings. The van der Waals surface area contributed by atoms with Crippen LogP contribution in [0, 0.1) is 6.92 Å². The van der Waals surface area contributed by atoms with Gasteiger partial charge in [0.2, 0.25) is 5.88 Å². The lowest BCUT2D eigenvalue weighted by molar-refractivity contribution is 0.222. The molecule has 2 N–H and O–H groups in total. The first-order valence-corrected chi connectivity index (χ1v) is 8.87. The summed E-state index contributed by atoms with van der Waals surface area (Å²) in [5, 5.41) is 6.57. The van der Waals surface area contributed by atoms with Crippen LogP contribution in [-0.2, 0) is 6.54 Å². The van der Waals surface area contributed by atoms with Gasteiger partial charge in [0.05, 0.1) is 13.2 Å². The molecule has 1 aromatic heterocycles. The average molecular weight is 484 g/mol. The Morgan fingerprint density at radius 2 is 2.00 bits per heavy atom. The highest BCUT2D eigenvalue weighted by atomic mass is 127. The molecule has 1 heterocycles. The van der Waals surface area contributed by atoms with Gasteiger partial charge in [-0.25, -0.2) is 4.98 Å². The predicted octanol–water partition coefficient (Wildman–Crippen LogP) is 3.54. The maximum atomic E-state index is 5.98. The zero-order valence-corrected chi connectivity index (χ0v) is 18.7. The smallest absolute Gasteiger partial charge is 0.213 e. The van der Waals surface area contributed by atoms with Gasteiger partial charge in [-0.1, -0.05) is 18.2 Å². The molecule has 148 valence electrons. The topological polar surface area (TPSA) is 67.8 Å². The molecular weight excluding hydrogens is 455 g/mol. The number of para-hydroxylation sites is 1. The molecule has 0 bridgehead atoms. The van der Waals surface area contributed by atoms with E-state index in [9.17, 15) is 0 Å². The summed E-state index contributed by atoms with van der Waals surface area (Å²) < 4.78 is 11.4. The lowest BCUT2D eigenvalue weighted by Crippen LogP contribution is -2.41. The first-order chi connectivity index (χ1) is 12.6. The molecular formula is C20H29IN4O2. The Hall–Kier alpha value is -2.03. The molecule has 0 amide bonds. The van der Waals surface area contributed by atoms with Crippen LogP contribution in [0.25, 0.3) is 0 Å². The van der Waals surface area contributed by atoms with Gasteiger partial charge in [-0.2, -0.15) is 0 Å². The van der Waals surface area contributed by atoms with Crippen molar-refractivity contribution in [3.63, 3.8) is 0 Å². The first-order valence-electron chi connectivity index (χ1n) is 8.87. The maximum absolute atomic E-state index is 5.98. The normalized spacial score (nSPS) is 11.9. The van der Waals surface area contributed by atoms with Gasteiger partial charge in [0, 0.05) is 25.9 Å². The second kappa shape index (κ2) is 12.4. The van der Waals surface area contributed by atoms with Crippen LogP contribution in [0.2, 0.25) is 0 Å². The molecule has 0 aliphatic rings. The fourth-order valence-corrected chi connectivity index (χ4v) is 2.38. The van der Waals surface area contributed by atoms with E-state index in [1.807, 2.05) is 57.2 Å². The zero-order chi connectivity index (χ0) is 18.8. The van der Waals surface area contributed by atoms with Crippen molar-refractivity contribution in [3.05, 3.63) is 53.7 Å². The summed E-state index contributed by atoms with van der Waals surface area (Å²) >= 11 is 0. The number of halogens is 1. The third-order valence-electron chi connectivity index (χ3n) is 3.75. The van der Waals surface area contributed by atoms with Gasteiger partial charge in [0.1, 0.15) is 11.9 Å². The summed E-state index contributed by atoms with van der Waals surface area (Å²) in [6.07, 6.45) is 1.76. The summed E-state index contributed by atoms with van der Waals surface area (Å²) in [5.74, 6) is 2.26. The standard InChI is InChI=1S/C20H28N4O2.HI/c1-5-25-19-12-17(10-11-22-19)14-24-20(21-4)23-13-16(3)26-18-9-7-6-8-15(18)2;/h6-12,16H,5,13-14H2,1-4H3,(H2,21,23,24);1H. The van der Waals surface area contributed by atoms with Gasteiger partial charge in [-0.15, -0.1) is 24.0 Å². The number of nitrogens with one attached hydrogen (secondary N) is 2. The van der Waals surface area contributed by atoms with E-state index in [-0.39, 0.29) is 30.1 Å². The van der Waals surface area contributed by atoms with E-state index in [1.54, 1.807) is 13.2 Å². The van der Waals surface area contributed by atoms with E-state index in [0.717, 1.165) is 22.8 Å². The van der Waals surface area contributed by atoms with Crippen LogP contribution in [0.1, 0.15) is 25.0 Å². The van der Waals surface area contributed by atoms with Crippen molar-refractivity contribution in [1.82, 2.24) is 15.6 Å². The van der Waals surface area contributed by atoms with Crippen molar-refractivity contribution in [1.29, 1.82) is 0 Å². The molecule has 7 heteroatoms. The summed E-state index contributed by atoms with van der Waals surface area (Å²) in [6.45, 7) is 7.90. The monoisotopic (exact) mass is 484 g/mol. The van der Waals surface area contributed by atoms with Crippen molar-refractivity contribution < 1.29 is 9.47 Å². The van der Waals surface area contributed by atoms with Crippen LogP contribution in [0.3, 0.4) is 0 Å². The van der Waals surface area contributed by atoms with Gasteiger partial charge in [-0.05, 0) is 44.0 Å². The zero-order valence-electron chi connectivity index (χ0n) is 16.4. The van der Waals surface area contributed by atoms with E-state index in [2.05, 4.69) is 20.6 Å². The van der Waals surface area contributed by atoms with Crippen molar-refractivity contribution in [3.8, 4) is 11.6 Å². The number of aliphatic imine (C=N–C) groups is 1. The number of benzene rings is 1. The Bertz CT molecular complexity index is 725. The highest BCUT2D eigenvalue weighted by molar-refractivity contribution is 14.0. The lowest BCUT2D eigenvalue weighted by Gasteiger charge is -2.19. The van der Waals surface area contributed by atoms with Crippen LogP contribution >= 0.6 is 24.0 Å². The highest BCUT2D eigenvalue weighted by Gasteiger charge is 2.07. The van der Waals surface area contributed by atoms with Crippen molar-refractivity contribution in [2.45, 2.75) is 33.4 Å². The molecule has 0 saturated heterocycles. The van der Waals surface area contributed by atoms with Crippen LogP contribution in [0.5, 0.6) is 11.6 Å². The van der Waals surface area contributed by atoms with E-state index in [1.165, 1.54) is 0 Å². The number of hydrogen-bond acceptors (Lipinski definition) is 4. The fourth-order valence-electron chi connectivity index (χ4n) is 2.38. The van der Waals surface area contributed by atoms with E-state index in [0.29, 0.717) is 25.6 Å². The molecule has 2 rings (SSSR count). The number of pyridine rings is 1. The Labute approximate surface area is 178 Å². The number of ether oxygens (including phenoxy) is 2. The summed E-state index contributed by atoms with van der Waals surface area (Å²) in [7, 11) is 1.75.